The molecular weight excluding hydrogens is 346 g/mol. The van der Waals surface area contributed by atoms with E-state index in [0.29, 0.717) is 19.3 Å². The van der Waals surface area contributed by atoms with Crippen LogP contribution in [0.2, 0.25) is 0 Å². The number of pyridine rings is 1. The number of carbonyl (C=O) groups is 1. The summed E-state index contributed by atoms with van der Waals surface area (Å²) in [5, 5.41) is 1.05. The number of Topliss-reactive ketones (excluding diaryl/α,β-unsaturated/α-hetero) is 1. The third-order valence-corrected chi connectivity index (χ3v) is 7.29. The fourth-order valence-corrected chi connectivity index (χ4v) is 4.00. The predicted octanol–water partition coefficient (Wildman–Crippen LogP) is 4.43. The Bertz CT molecular complexity index is 880. The monoisotopic (exact) mass is 375 g/mol. The molecule has 0 aliphatic rings. The average molecular weight is 376 g/mol. The van der Waals surface area contributed by atoms with Crippen molar-refractivity contribution in [1.29, 1.82) is 0 Å². The molecule has 0 aliphatic heterocycles. The zero-order chi connectivity index (χ0) is 19.4. The van der Waals surface area contributed by atoms with Crippen LogP contribution < -0.4 is 0 Å². The van der Waals surface area contributed by atoms with E-state index in [1.807, 2.05) is 37.3 Å². The van der Waals surface area contributed by atoms with Gasteiger partial charge in [-0.25, -0.2) is 8.42 Å². The van der Waals surface area contributed by atoms with E-state index in [2.05, 4.69) is 4.98 Å². The van der Waals surface area contributed by atoms with E-state index >= 15 is 0 Å². The molecule has 0 saturated carbocycles. The fourth-order valence-electron chi connectivity index (χ4n) is 2.80. The highest BCUT2D eigenvalue weighted by atomic mass is 32.2. The van der Waals surface area contributed by atoms with E-state index in [1.165, 1.54) is 0 Å². The number of unbranched alkanes of at least 4 members (excludes halogenated alkanes) is 2. The quantitative estimate of drug-likeness (QED) is 0.640. The number of benzene rings is 1. The Morgan fingerprint density at radius 1 is 1.04 bits per heavy atom. The van der Waals surface area contributed by atoms with Crippen LogP contribution in [-0.2, 0) is 21.1 Å². The van der Waals surface area contributed by atoms with Gasteiger partial charge in [0.25, 0.3) is 0 Å². The summed E-state index contributed by atoms with van der Waals surface area (Å²) >= 11 is 0. The zero-order valence-corrected chi connectivity index (χ0v) is 17.0. The maximum atomic E-state index is 12.2. The first-order chi connectivity index (χ1) is 12.1. The van der Waals surface area contributed by atoms with Gasteiger partial charge in [-0.3, -0.25) is 9.78 Å². The lowest BCUT2D eigenvalue weighted by atomic mass is 10.0. The van der Waals surface area contributed by atoms with E-state index in [9.17, 15) is 13.2 Å². The SMILES string of the molecule is Cc1ccc2cc(CC(=O)CCCCCS(=O)(=O)C(C)(C)C)ccc2n1. The van der Waals surface area contributed by atoms with Crippen LogP contribution in [0.1, 0.15) is 57.7 Å². The summed E-state index contributed by atoms with van der Waals surface area (Å²) in [4.78, 5) is 16.7. The molecule has 0 amide bonds. The van der Waals surface area contributed by atoms with Gasteiger partial charge in [0.05, 0.1) is 16.0 Å². The fraction of sp³-hybridized carbons (Fsp3) is 0.524. The van der Waals surface area contributed by atoms with Crippen molar-refractivity contribution in [2.75, 3.05) is 5.75 Å². The molecule has 1 aromatic heterocycles. The number of nitrogens with zero attached hydrogens (tertiary/aromatic N) is 1. The van der Waals surface area contributed by atoms with Crippen molar-refractivity contribution < 1.29 is 13.2 Å². The molecule has 2 rings (SSSR count). The van der Waals surface area contributed by atoms with Gasteiger partial charge in [-0.05, 0) is 64.3 Å². The molecule has 0 spiro atoms. The molecule has 2 aromatic rings. The van der Waals surface area contributed by atoms with Gasteiger partial charge in [-0.2, -0.15) is 0 Å². The lowest BCUT2D eigenvalue weighted by Crippen LogP contribution is -2.30. The van der Waals surface area contributed by atoms with Gasteiger partial charge in [0.1, 0.15) is 5.78 Å². The number of ketones is 1. The van der Waals surface area contributed by atoms with Crippen molar-refractivity contribution in [3.8, 4) is 0 Å². The maximum Gasteiger partial charge on any atom is 0.155 e. The van der Waals surface area contributed by atoms with Gasteiger partial charge in [0, 0.05) is 23.9 Å². The molecule has 4 nitrogen and oxygen atoms in total. The lowest BCUT2D eigenvalue weighted by Gasteiger charge is -2.18. The molecule has 1 heterocycles. The molecule has 5 heteroatoms. The predicted molar refractivity (Wildman–Crippen MR) is 107 cm³/mol. The van der Waals surface area contributed by atoms with Gasteiger partial charge in [0.15, 0.2) is 9.84 Å². The van der Waals surface area contributed by atoms with Crippen molar-refractivity contribution in [1.82, 2.24) is 4.98 Å². The van der Waals surface area contributed by atoms with Crippen LogP contribution in [0.25, 0.3) is 10.9 Å². The Morgan fingerprint density at radius 2 is 1.77 bits per heavy atom. The maximum absolute atomic E-state index is 12.2. The largest absolute Gasteiger partial charge is 0.299 e. The Balaban J connectivity index is 1.78. The molecule has 0 bridgehead atoms. The van der Waals surface area contributed by atoms with Crippen molar-refractivity contribution in [3.05, 3.63) is 41.6 Å². The van der Waals surface area contributed by atoms with Crippen molar-refractivity contribution in [2.24, 2.45) is 0 Å². The summed E-state index contributed by atoms with van der Waals surface area (Å²) in [6, 6.07) is 9.95. The number of sulfone groups is 1. The third kappa shape index (κ3) is 5.63. The van der Waals surface area contributed by atoms with Gasteiger partial charge in [-0.1, -0.05) is 18.6 Å². The Morgan fingerprint density at radius 3 is 2.46 bits per heavy atom. The smallest absolute Gasteiger partial charge is 0.155 e. The topological polar surface area (TPSA) is 64.1 Å². The Kier molecular flexibility index (Phi) is 6.56. The van der Waals surface area contributed by atoms with E-state index in [0.717, 1.165) is 35.0 Å². The van der Waals surface area contributed by atoms with E-state index in [1.54, 1.807) is 20.8 Å². The average Bonchev–Trinajstić information content (AvgIpc) is 2.53. The number of aromatic nitrogens is 1. The zero-order valence-electron chi connectivity index (χ0n) is 16.2. The van der Waals surface area contributed by atoms with E-state index in [-0.39, 0.29) is 11.5 Å². The van der Waals surface area contributed by atoms with Gasteiger partial charge in [0.2, 0.25) is 0 Å². The van der Waals surface area contributed by atoms with Crippen LogP contribution in [0.3, 0.4) is 0 Å². The van der Waals surface area contributed by atoms with Gasteiger partial charge >= 0.3 is 0 Å². The molecule has 0 unspecified atom stereocenters. The summed E-state index contributed by atoms with van der Waals surface area (Å²) in [6.45, 7) is 7.15. The summed E-state index contributed by atoms with van der Waals surface area (Å²) in [6.07, 6.45) is 3.05. The summed E-state index contributed by atoms with van der Waals surface area (Å²) < 4.78 is 23.4. The van der Waals surface area contributed by atoms with Crippen molar-refractivity contribution >= 4 is 26.5 Å². The molecule has 1 aromatic carbocycles. The normalized spacial score (nSPS) is 12.5. The highest BCUT2D eigenvalue weighted by Crippen LogP contribution is 2.19. The standard InChI is InChI=1S/C21H29NO3S/c1-16-9-11-18-14-17(10-12-20(18)22-16)15-19(23)8-6-5-7-13-26(24,25)21(2,3)4/h9-12,14H,5-8,13,15H2,1-4H3. The molecule has 0 radical (unpaired) electrons. The minimum atomic E-state index is -3.06. The molecular formula is C21H29NO3S. The Labute approximate surface area is 156 Å². The second kappa shape index (κ2) is 8.30. The van der Waals surface area contributed by atoms with Crippen LogP contribution in [0.5, 0.6) is 0 Å². The number of carbonyl (C=O) groups excluding carboxylic acids is 1. The third-order valence-electron chi connectivity index (χ3n) is 4.60. The van der Waals surface area contributed by atoms with E-state index < -0.39 is 14.6 Å². The van der Waals surface area contributed by atoms with Crippen molar-refractivity contribution in [3.63, 3.8) is 0 Å². The number of aryl methyl sites for hydroxylation is 1. The Hall–Kier alpha value is -1.75. The molecule has 0 saturated heterocycles. The second-order valence-corrected chi connectivity index (χ2v) is 10.8. The summed E-state index contributed by atoms with van der Waals surface area (Å²) in [5.41, 5.74) is 2.93. The molecule has 0 aliphatic carbocycles. The highest BCUT2D eigenvalue weighted by Gasteiger charge is 2.27. The molecule has 142 valence electrons. The van der Waals surface area contributed by atoms with Gasteiger partial charge < -0.3 is 0 Å². The molecule has 26 heavy (non-hydrogen) atoms. The molecule has 0 N–H and O–H groups in total. The van der Waals surface area contributed by atoms with Crippen molar-refractivity contribution in [2.45, 2.75) is 64.5 Å². The van der Waals surface area contributed by atoms with Crippen LogP contribution >= 0.6 is 0 Å². The minimum Gasteiger partial charge on any atom is -0.299 e. The molecule has 0 atom stereocenters. The first kappa shape index (κ1) is 20.6. The van der Waals surface area contributed by atoms with Crippen LogP contribution in [-0.4, -0.2) is 29.7 Å². The number of rotatable bonds is 8. The first-order valence-corrected chi connectivity index (χ1v) is 10.8. The summed E-state index contributed by atoms with van der Waals surface area (Å²) in [5.74, 6) is 0.394. The number of hydrogen-bond donors (Lipinski definition) is 0. The minimum absolute atomic E-state index is 0.196. The molecule has 0 fully saturated rings. The second-order valence-electron chi connectivity index (χ2n) is 7.94. The van der Waals surface area contributed by atoms with Crippen LogP contribution in [0.4, 0.5) is 0 Å². The van der Waals surface area contributed by atoms with Crippen LogP contribution in [0, 0.1) is 6.92 Å². The number of fused-ring (bicyclic) bond motifs is 1. The highest BCUT2D eigenvalue weighted by molar-refractivity contribution is 7.92. The van der Waals surface area contributed by atoms with Gasteiger partial charge in [-0.15, -0.1) is 0 Å². The first-order valence-electron chi connectivity index (χ1n) is 9.19. The number of hydrogen-bond acceptors (Lipinski definition) is 4. The van der Waals surface area contributed by atoms with E-state index in [4.69, 9.17) is 0 Å². The summed E-state index contributed by atoms with van der Waals surface area (Å²) in [7, 11) is -3.06. The van der Waals surface area contributed by atoms with Crippen LogP contribution in [0.15, 0.2) is 30.3 Å². The lowest BCUT2D eigenvalue weighted by molar-refractivity contribution is -0.118.